The van der Waals surface area contributed by atoms with E-state index in [0.717, 1.165) is 22.6 Å². The number of methoxy groups -OCH3 is 1. The molecule has 8 heteroatoms. The third-order valence-electron chi connectivity index (χ3n) is 5.22. The molecule has 156 valence electrons. The molecule has 0 atom stereocenters. The summed E-state index contributed by atoms with van der Waals surface area (Å²) in [7, 11) is -2.14. The van der Waals surface area contributed by atoms with Crippen LogP contribution in [0.1, 0.15) is 5.56 Å². The molecule has 1 aliphatic rings. The Morgan fingerprint density at radius 3 is 2.37 bits per heavy atom. The zero-order valence-electron chi connectivity index (χ0n) is 17.0. The summed E-state index contributed by atoms with van der Waals surface area (Å²) in [6.45, 7) is 3.77. The quantitative estimate of drug-likeness (QED) is 0.627. The second-order valence-electron chi connectivity index (χ2n) is 7.17. The second kappa shape index (κ2) is 8.41. The van der Waals surface area contributed by atoms with E-state index in [1.54, 1.807) is 24.5 Å². The van der Waals surface area contributed by atoms with E-state index in [2.05, 4.69) is 14.9 Å². The highest BCUT2D eigenvalue weighted by atomic mass is 32.2. The van der Waals surface area contributed by atoms with E-state index in [0.29, 0.717) is 31.9 Å². The molecule has 0 amide bonds. The first-order valence-corrected chi connectivity index (χ1v) is 11.2. The average Bonchev–Trinajstić information content (AvgIpc) is 2.79. The number of aryl methyl sites for hydroxylation is 1. The highest BCUT2D eigenvalue weighted by Crippen LogP contribution is 2.29. The van der Waals surface area contributed by atoms with Gasteiger partial charge in [-0.3, -0.25) is 0 Å². The molecule has 1 fully saturated rings. The van der Waals surface area contributed by atoms with Crippen molar-refractivity contribution in [3.63, 3.8) is 0 Å². The molecular formula is C22H24N4O3S. The summed E-state index contributed by atoms with van der Waals surface area (Å²) >= 11 is 0. The maximum Gasteiger partial charge on any atom is 0.246 e. The van der Waals surface area contributed by atoms with Gasteiger partial charge in [0.25, 0.3) is 0 Å². The van der Waals surface area contributed by atoms with Gasteiger partial charge in [0.05, 0.1) is 12.8 Å². The Morgan fingerprint density at radius 1 is 0.933 bits per heavy atom. The van der Waals surface area contributed by atoms with Gasteiger partial charge in [0.1, 0.15) is 22.8 Å². The lowest BCUT2D eigenvalue weighted by atomic mass is 10.1. The smallest absolute Gasteiger partial charge is 0.246 e. The number of piperazine rings is 1. The molecule has 1 aliphatic heterocycles. The number of nitrogens with zero attached hydrogens (tertiary/aromatic N) is 4. The maximum absolute atomic E-state index is 13.2. The van der Waals surface area contributed by atoms with Crippen molar-refractivity contribution in [3.8, 4) is 17.0 Å². The van der Waals surface area contributed by atoms with Gasteiger partial charge >= 0.3 is 0 Å². The van der Waals surface area contributed by atoms with Crippen LogP contribution in [-0.2, 0) is 10.0 Å². The van der Waals surface area contributed by atoms with Crippen molar-refractivity contribution in [2.24, 2.45) is 0 Å². The van der Waals surface area contributed by atoms with Gasteiger partial charge in [-0.2, -0.15) is 4.31 Å². The van der Waals surface area contributed by atoms with Gasteiger partial charge in [0.2, 0.25) is 10.0 Å². The molecule has 0 N–H and O–H groups in total. The average molecular weight is 425 g/mol. The molecule has 0 spiro atoms. The van der Waals surface area contributed by atoms with Crippen molar-refractivity contribution < 1.29 is 13.2 Å². The molecule has 4 rings (SSSR count). The number of anilines is 1. The van der Waals surface area contributed by atoms with E-state index >= 15 is 0 Å². The fourth-order valence-corrected chi connectivity index (χ4v) is 5.13. The van der Waals surface area contributed by atoms with Gasteiger partial charge in [-0.05, 0) is 24.6 Å². The standard InChI is InChI=1S/C22H24N4O3S/c1-17-8-9-21(20(14-17)29-2)30(27,28)26-12-10-25(11-13-26)22-15-19(23-16-24-22)18-6-4-3-5-7-18/h3-9,14-16H,10-13H2,1-2H3. The van der Waals surface area contributed by atoms with Crippen LogP contribution in [0.15, 0.2) is 65.8 Å². The third-order valence-corrected chi connectivity index (χ3v) is 7.16. The maximum atomic E-state index is 13.2. The molecule has 1 aromatic heterocycles. The number of rotatable bonds is 5. The molecule has 2 heterocycles. The predicted octanol–water partition coefficient (Wildman–Crippen LogP) is 2.97. The first-order chi connectivity index (χ1) is 14.5. The van der Waals surface area contributed by atoms with Gasteiger partial charge in [-0.25, -0.2) is 18.4 Å². The van der Waals surface area contributed by atoms with E-state index in [9.17, 15) is 8.42 Å². The van der Waals surface area contributed by atoms with Gasteiger partial charge in [0.15, 0.2) is 0 Å². The molecule has 2 aromatic carbocycles. The Kier molecular flexibility index (Phi) is 5.69. The fraction of sp³-hybridized carbons (Fsp3) is 0.273. The summed E-state index contributed by atoms with van der Waals surface area (Å²) in [5, 5.41) is 0. The minimum atomic E-state index is -3.63. The van der Waals surface area contributed by atoms with Crippen molar-refractivity contribution in [2.75, 3.05) is 38.2 Å². The zero-order valence-corrected chi connectivity index (χ0v) is 17.8. The van der Waals surface area contributed by atoms with Crippen LogP contribution < -0.4 is 9.64 Å². The van der Waals surface area contributed by atoms with Gasteiger partial charge in [0, 0.05) is 37.8 Å². The van der Waals surface area contributed by atoms with Crippen LogP contribution in [-0.4, -0.2) is 56.0 Å². The molecule has 7 nitrogen and oxygen atoms in total. The minimum absolute atomic E-state index is 0.206. The lowest BCUT2D eigenvalue weighted by Gasteiger charge is -2.34. The van der Waals surface area contributed by atoms with Gasteiger partial charge < -0.3 is 9.64 Å². The molecule has 3 aromatic rings. The van der Waals surface area contributed by atoms with E-state index < -0.39 is 10.0 Å². The Morgan fingerprint density at radius 2 is 1.67 bits per heavy atom. The van der Waals surface area contributed by atoms with Crippen molar-refractivity contribution in [3.05, 3.63) is 66.5 Å². The number of benzene rings is 2. The summed E-state index contributed by atoms with van der Waals surface area (Å²) in [5.41, 5.74) is 2.82. The number of aromatic nitrogens is 2. The zero-order chi connectivity index (χ0) is 21.1. The summed E-state index contributed by atoms with van der Waals surface area (Å²) in [6.07, 6.45) is 1.55. The van der Waals surface area contributed by atoms with Crippen molar-refractivity contribution in [1.29, 1.82) is 0 Å². The van der Waals surface area contributed by atoms with E-state index in [4.69, 9.17) is 4.74 Å². The second-order valence-corrected chi connectivity index (χ2v) is 9.08. The summed E-state index contributed by atoms with van der Waals surface area (Å²) in [6, 6.07) is 17.0. The van der Waals surface area contributed by atoms with E-state index in [1.807, 2.05) is 43.3 Å². The van der Waals surface area contributed by atoms with Crippen molar-refractivity contribution in [2.45, 2.75) is 11.8 Å². The largest absolute Gasteiger partial charge is 0.495 e. The number of ether oxygens (including phenoxy) is 1. The Labute approximate surface area is 177 Å². The molecule has 1 saturated heterocycles. The van der Waals surface area contributed by atoms with E-state index in [1.165, 1.54) is 11.4 Å². The number of hydrogen-bond donors (Lipinski definition) is 0. The molecular weight excluding hydrogens is 400 g/mol. The van der Waals surface area contributed by atoms with Crippen LogP contribution in [0, 0.1) is 6.92 Å². The molecule has 0 unspecified atom stereocenters. The third kappa shape index (κ3) is 4.01. The Balaban J connectivity index is 1.51. The van der Waals surface area contributed by atoms with Crippen molar-refractivity contribution >= 4 is 15.8 Å². The highest BCUT2D eigenvalue weighted by molar-refractivity contribution is 7.89. The summed E-state index contributed by atoms with van der Waals surface area (Å²) in [5.74, 6) is 1.18. The highest BCUT2D eigenvalue weighted by Gasteiger charge is 2.31. The molecule has 0 radical (unpaired) electrons. The lowest BCUT2D eigenvalue weighted by Crippen LogP contribution is -2.49. The topological polar surface area (TPSA) is 75.6 Å². The molecule has 0 aliphatic carbocycles. The van der Waals surface area contributed by atoms with Gasteiger partial charge in [-0.1, -0.05) is 36.4 Å². The predicted molar refractivity (Wildman–Crippen MR) is 116 cm³/mol. The summed E-state index contributed by atoms with van der Waals surface area (Å²) < 4.78 is 33.2. The van der Waals surface area contributed by atoms with Crippen molar-refractivity contribution in [1.82, 2.24) is 14.3 Å². The number of sulfonamides is 1. The minimum Gasteiger partial charge on any atom is -0.495 e. The first-order valence-electron chi connectivity index (χ1n) is 9.76. The summed E-state index contributed by atoms with van der Waals surface area (Å²) in [4.78, 5) is 11.1. The van der Waals surface area contributed by atoms with Crippen LogP contribution in [0.25, 0.3) is 11.3 Å². The normalized spacial score (nSPS) is 15.2. The number of hydrogen-bond acceptors (Lipinski definition) is 6. The molecule has 30 heavy (non-hydrogen) atoms. The van der Waals surface area contributed by atoms with Crippen LogP contribution >= 0.6 is 0 Å². The van der Waals surface area contributed by atoms with Crippen LogP contribution in [0.3, 0.4) is 0 Å². The van der Waals surface area contributed by atoms with Gasteiger partial charge in [-0.15, -0.1) is 0 Å². The SMILES string of the molecule is COc1cc(C)ccc1S(=O)(=O)N1CCN(c2cc(-c3ccccc3)ncn2)CC1. The van der Waals surface area contributed by atoms with E-state index in [-0.39, 0.29) is 4.90 Å². The molecule has 0 saturated carbocycles. The van der Waals surface area contributed by atoms with Crippen LogP contribution in [0.5, 0.6) is 5.75 Å². The lowest BCUT2D eigenvalue weighted by molar-refractivity contribution is 0.373. The monoisotopic (exact) mass is 424 g/mol. The molecule has 0 bridgehead atoms. The Bertz CT molecular complexity index is 1130. The first kappa shape index (κ1) is 20.3. The fourth-order valence-electron chi connectivity index (χ4n) is 3.57. The van der Waals surface area contributed by atoms with Crippen LogP contribution in [0.4, 0.5) is 5.82 Å². The Hall–Kier alpha value is -2.97. The van der Waals surface area contributed by atoms with Crippen LogP contribution in [0.2, 0.25) is 0 Å².